The maximum Gasteiger partial charge on any atom is 0.0468 e. The normalized spacial score (nSPS) is 12.7. The quantitative estimate of drug-likeness (QED) is 0.170. The van der Waals surface area contributed by atoms with Crippen LogP contribution in [-0.4, -0.2) is 0 Å². The Morgan fingerprint density at radius 2 is 0.851 bits per heavy atom. The molecular formula is C45H34BrN. The van der Waals surface area contributed by atoms with E-state index in [2.05, 4.69) is 205 Å². The van der Waals surface area contributed by atoms with Crippen molar-refractivity contribution < 1.29 is 0 Å². The van der Waals surface area contributed by atoms with Gasteiger partial charge in [-0.3, -0.25) is 0 Å². The lowest BCUT2D eigenvalue weighted by atomic mass is 9.82. The Hall–Kier alpha value is -5.18. The maximum absolute atomic E-state index is 3.88. The molecule has 7 aromatic rings. The molecule has 0 spiro atoms. The molecule has 7 aromatic carbocycles. The predicted molar refractivity (Wildman–Crippen MR) is 203 cm³/mol. The van der Waals surface area contributed by atoms with E-state index < -0.39 is 0 Å². The Bertz CT molecular complexity index is 2200. The molecule has 0 unspecified atom stereocenters. The van der Waals surface area contributed by atoms with Gasteiger partial charge in [-0.15, -0.1) is 0 Å². The average molecular weight is 669 g/mol. The molecule has 0 heterocycles. The molecule has 0 saturated carbocycles. The van der Waals surface area contributed by atoms with Crippen LogP contribution in [0.1, 0.15) is 25.0 Å². The minimum Gasteiger partial charge on any atom is -0.310 e. The van der Waals surface area contributed by atoms with E-state index >= 15 is 0 Å². The first kappa shape index (κ1) is 29.2. The summed E-state index contributed by atoms with van der Waals surface area (Å²) in [5.74, 6) is 0. The number of nitrogens with zero attached hydrogens (tertiary/aromatic N) is 1. The van der Waals surface area contributed by atoms with Crippen molar-refractivity contribution >= 4 is 33.0 Å². The van der Waals surface area contributed by atoms with Crippen LogP contribution in [0.25, 0.3) is 44.5 Å². The van der Waals surface area contributed by atoms with Crippen LogP contribution in [0.3, 0.4) is 0 Å². The Labute approximate surface area is 285 Å². The molecule has 0 bridgehead atoms. The molecule has 47 heavy (non-hydrogen) atoms. The Morgan fingerprint density at radius 1 is 0.383 bits per heavy atom. The van der Waals surface area contributed by atoms with Crippen molar-refractivity contribution in [1.82, 2.24) is 0 Å². The molecule has 0 N–H and O–H groups in total. The van der Waals surface area contributed by atoms with Gasteiger partial charge in [-0.1, -0.05) is 157 Å². The third-order valence-corrected chi connectivity index (χ3v) is 10.3. The fourth-order valence-corrected chi connectivity index (χ4v) is 7.53. The monoisotopic (exact) mass is 667 g/mol. The molecule has 0 atom stereocenters. The molecular weight excluding hydrogens is 634 g/mol. The van der Waals surface area contributed by atoms with Crippen molar-refractivity contribution in [2.75, 3.05) is 4.90 Å². The number of anilines is 3. The second kappa shape index (κ2) is 11.9. The van der Waals surface area contributed by atoms with Gasteiger partial charge < -0.3 is 4.90 Å². The highest BCUT2D eigenvalue weighted by Gasteiger charge is 2.35. The smallest absolute Gasteiger partial charge is 0.0468 e. The van der Waals surface area contributed by atoms with E-state index in [1.807, 2.05) is 0 Å². The summed E-state index contributed by atoms with van der Waals surface area (Å²) in [4.78, 5) is 2.39. The van der Waals surface area contributed by atoms with Gasteiger partial charge in [0.1, 0.15) is 0 Å². The first-order valence-electron chi connectivity index (χ1n) is 16.1. The summed E-state index contributed by atoms with van der Waals surface area (Å²) in [7, 11) is 0. The van der Waals surface area contributed by atoms with Crippen LogP contribution in [0.15, 0.2) is 174 Å². The molecule has 1 aliphatic carbocycles. The molecule has 0 radical (unpaired) electrons. The van der Waals surface area contributed by atoms with Crippen molar-refractivity contribution in [2.24, 2.45) is 0 Å². The topological polar surface area (TPSA) is 3.24 Å². The van der Waals surface area contributed by atoms with E-state index in [-0.39, 0.29) is 5.41 Å². The van der Waals surface area contributed by atoms with Gasteiger partial charge in [-0.2, -0.15) is 0 Å². The van der Waals surface area contributed by atoms with Gasteiger partial charge in [0.15, 0.2) is 0 Å². The molecule has 226 valence electrons. The number of rotatable bonds is 6. The lowest BCUT2D eigenvalue weighted by Crippen LogP contribution is -2.16. The average Bonchev–Trinajstić information content (AvgIpc) is 3.36. The third kappa shape index (κ3) is 5.29. The second-order valence-electron chi connectivity index (χ2n) is 12.8. The van der Waals surface area contributed by atoms with Gasteiger partial charge in [0.2, 0.25) is 0 Å². The fourth-order valence-electron chi connectivity index (χ4n) is 7.06. The van der Waals surface area contributed by atoms with Gasteiger partial charge in [0.25, 0.3) is 0 Å². The first-order chi connectivity index (χ1) is 23.0. The van der Waals surface area contributed by atoms with E-state index in [0.717, 1.165) is 27.1 Å². The van der Waals surface area contributed by atoms with Crippen molar-refractivity contribution in [3.8, 4) is 44.5 Å². The maximum atomic E-state index is 3.88. The van der Waals surface area contributed by atoms with Crippen molar-refractivity contribution in [1.29, 1.82) is 0 Å². The zero-order valence-corrected chi connectivity index (χ0v) is 28.1. The van der Waals surface area contributed by atoms with Crippen molar-refractivity contribution in [3.63, 3.8) is 0 Å². The van der Waals surface area contributed by atoms with Crippen LogP contribution in [-0.2, 0) is 5.41 Å². The van der Waals surface area contributed by atoms with E-state index in [0.29, 0.717) is 0 Å². The summed E-state index contributed by atoms with van der Waals surface area (Å²) in [5.41, 5.74) is 15.9. The second-order valence-corrected chi connectivity index (χ2v) is 13.6. The van der Waals surface area contributed by atoms with Crippen LogP contribution in [0.4, 0.5) is 17.1 Å². The van der Waals surface area contributed by atoms with E-state index in [1.54, 1.807) is 0 Å². The highest BCUT2D eigenvalue weighted by Crippen LogP contribution is 2.51. The summed E-state index contributed by atoms with van der Waals surface area (Å²) >= 11 is 3.88. The summed E-state index contributed by atoms with van der Waals surface area (Å²) in [6.45, 7) is 4.69. The van der Waals surface area contributed by atoms with E-state index in [4.69, 9.17) is 0 Å². The SMILES string of the molecule is CC1(C)c2ccccc2-c2ccc(N(c3ccc(-c4ccccc4)cc3)c3ccc(Br)c(-c4ccc(-c5ccccc5)cc4)c3)cc21. The summed E-state index contributed by atoms with van der Waals surface area (Å²) in [6, 6.07) is 61.4. The predicted octanol–water partition coefficient (Wildman–Crippen LogP) is 13.2. The Kier molecular flexibility index (Phi) is 7.39. The molecule has 0 aliphatic heterocycles. The molecule has 1 nitrogen and oxygen atoms in total. The lowest BCUT2D eigenvalue weighted by Gasteiger charge is -2.29. The van der Waals surface area contributed by atoms with Crippen molar-refractivity contribution in [2.45, 2.75) is 19.3 Å². The summed E-state index contributed by atoms with van der Waals surface area (Å²) in [6.07, 6.45) is 0. The molecule has 0 saturated heterocycles. The molecule has 0 aromatic heterocycles. The highest BCUT2D eigenvalue weighted by atomic mass is 79.9. The molecule has 0 amide bonds. The molecule has 2 heteroatoms. The Morgan fingerprint density at radius 3 is 1.51 bits per heavy atom. The molecule has 0 fully saturated rings. The zero-order valence-electron chi connectivity index (χ0n) is 26.5. The number of halogens is 1. The third-order valence-electron chi connectivity index (χ3n) is 9.57. The van der Waals surface area contributed by atoms with Gasteiger partial charge in [-0.05, 0) is 98.1 Å². The Balaban J connectivity index is 1.24. The number of fused-ring (bicyclic) bond motifs is 3. The minimum absolute atomic E-state index is 0.0872. The lowest BCUT2D eigenvalue weighted by molar-refractivity contribution is 0.660. The first-order valence-corrected chi connectivity index (χ1v) is 16.9. The fraction of sp³-hybridized carbons (Fsp3) is 0.0667. The number of benzene rings is 7. The number of hydrogen-bond acceptors (Lipinski definition) is 1. The van der Waals surface area contributed by atoms with Gasteiger partial charge in [-0.25, -0.2) is 0 Å². The van der Waals surface area contributed by atoms with Gasteiger partial charge in [0, 0.05) is 26.9 Å². The van der Waals surface area contributed by atoms with Crippen LogP contribution in [0.2, 0.25) is 0 Å². The number of hydrogen-bond donors (Lipinski definition) is 0. The van der Waals surface area contributed by atoms with Crippen LogP contribution < -0.4 is 4.90 Å². The standard InChI is InChI=1S/C45H34BrN/c1-45(2)42-16-10-9-15-39(42)40-27-25-38(30-43(40)45)47(36-23-21-34(22-24-36)32-13-7-4-8-14-32)37-26-28-44(46)41(29-37)35-19-17-33(18-20-35)31-11-5-3-6-12-31/h3-30H,1-2H3. The minimum atomic E-state index is -0.0872. The molecule has 1 aliphatic rings. The van der Waals surface area contributed by atoms with Crippen LogP contribution in [0.5, 0.6) is 0 Å². The summed E-state index contributed by atoms with van der Waals surface area (Å²) in [5, 5.41) is 0. The molecule has 8 rings (SSSR count). The largest absolute Gasteiger partial charge is 0.310 e. The van der Waals surface area contributed by atoms with E-state index in [9.17, 15) is 0 Å². The van der Waals surface area contributed by atoms with Gasteiger partial charge >= 0.3 is 0 Å². The van der Waals surface area contributed by atoms with Crippen molar-refractivity contribution in [3.05, 3.63) is 185 Å². The van der Waals surface area contributed by atoms with Crippen LogP contribution in [0, 0.1) is 0 Å². The zero-order chi connectivity index (χ0) is 32.0. The van der Waals surface area contributed by atoms with E-state index in [1.165, 1.54) is 50.1 Å². The van der Waals surface area contributed by atoms with Gasteiger partial charge in [0.05, 0.1) is 0 Å². The van der Waals surface area contributed by atoms with Crippen LogP contribution >= 0.6 is 15.9 Å². The summed E-state index contributed by atoms with van der Waals surface area (Å²) < 4.78 is 1.07. The highest BCUT2D eigenvalue weighted by molar-refractivity contribution is 9.10.